The van der Waals surface area contributed by atoms with Crippen LogP contribution in [0, 0.1) is 19.7 Å². The number of rotatable bonds is 6. The molecule has 11 nitrogen and oxygen atoms in total. The van der Waals surface area contributed by atoms with Gasteiger partial charge >= 0.3 is 6.03 Å². The zero-order valence-electron chi connectivity index (χ0n) is 23.1. The Morgan fingerprint density at radius 3 is 2.58 bits per heavy atom. The number of aromatic amines is 1. The molecule has 4 aromatic heterocycles. The van der Waals surface area contributed by atoms with Crippen molar-refractivity contribution in [1.82, 2.24) is 44.7 Å². The van der Waals surface area contributed by atoms with Crippen molar-refractivity contribution >= 4 is 17.7 Å². The van der Waals surface area contributed by atoms with Crippen molar-refractivity contribution in [2.24, 2.45) is 0 Å². The van der Waals surface area contributed by atoms with Crippen LogP contribution in [0.5, 0.6) is 0 Å². The molecule has 12 heteroatoms. The minimum Gasteiger partial charge on any atom is -0.323 e. The zero-order valence-corrected chi connectivity index (χ0v) is 23.1. The Labute approximate surface area is 231 Å². The van der Waals surface area contributed by atoms with Crippen LogP contribution < -0.4 is 5.32 Å². The van der Waals surface area contributed by atoms with Gasteiger partial charge in [0.2, 0.25) is 0 Å². The van der Waals surface area contributed by atoms with Crippen LogP contribution in [0.3, 0.4) is 0 Å². The van der Waals surface area contributed by atoms with E-state index in [2.05, 4.69) is 25.6 Å². The van der Waals surface area contributed by atoms with Gasteiger partial charge in [0, 0.05) is 49.2 Å². The van der Waals surface area contributed by atoms with Crippen LogP contribution in [0.15, 0.2) is 42.9 Å². The second-order valence-electron chi connectivity index (χ2n) is 11.0. The number of pyridine rings is 1. The molecule has 40 heavy (non-hydrogen) atoms. The second-order valence-corrected chi connectivity index (χ2v) is 11.0. The number of hydrogen-bond acceptors (Lipinski definition) is 7. The van der Waals surface area contributed by atoms with Gasteiger partial charge in [-0.25, -0.2) is 28.8 Å². The number of amides is 2. The van der Waals surface area contributed by atoms with Gasteiger partial charge in [-0.1, -0.05) is 6.07 Å². The molecule has 6 rings (SSSR count). The molecule has 4 aromatic rings. The highest BCUT2D eigenvalue weighted by atomic mass is 19.1. The van der Waals surface area contributed by atoms with E-state index in [-0.39, 0.29) is 23.5 Å². The molecule has 1 unspecified atom stereocenters. The minimum atomic E-state index is -0.417. The first-order valence-electron chi connectivity index (χ1n) is 13.6. The van der Waals surface area contributed by atoms with Gasteiger partial charge in [0.15, 0.2) is 17.5 Å². The Bertz CT molecular complexity index is 1520. The smallest absolute Gasteiger partial charge is 0.320 e. The lowest BCUT2D eigenvalue weighted by molar-refractivity contribution is 0.132. The highest BCUT2D eigenvalue weighted by molar-refractivity contribution is 5.78. The molecule has 0 aromatic carbocycles. The predicted octanol–water partition coefficient (Wildman–Crippen LogP) is 4.80. The maximum absolute atomic E-state index is 13.4. The first kappa shape index (κ1) is 25.9. The van der Waals surface area contributed by atoms with E-state index in [0.29, 0.717) is 12.4 Å². The molecule has 5 heterocycles. The molecule has 2 fully saturated rings. The Kier molecular flexibility index (Phi) is 6.47. The van der Waals surface area contributed by atoms with E-state index < -0.39 is 5.82 Å². The molecular formula is C28H33FN10O. The van der Waals surface area contributed by atoms with Gasteiger partial charge in [-0.3, -0.25) is 5.10 Å². The van der Waals surface area contributed by atoms with Crippen LogP contribution in [0.2, 0.25) is 0 Å². The number of carbonyl (C=O) groups is 1. The van der Waals surface area contributed by atoms with Crippen LogP contribution >= 0.6 is 0 Å². The zero-order chi connectivity index (χ0) is 28.0. The quantitative estimate of drug-likeness (QED) is 0.358. The van der Waals surface area contributed by atoms with Gasteiger partial charge in [-0.05, 0) is 58.1 Å². The minimum absolute atomic E-state index is 0.0248. The molecule has 1 atom stereocenters. The number of H-pyrrole nitrogens is 1. The number of aromatic nitrogens is 7. The van der Waals surface area contributed by atoms with Crippen LogP contribution in [0.25, 0.3) is 5.82 Å². The maximum atomic E-state index is 13.4. The van der Waals surface area contributed by atoms with E-state index in [9.17, 15) is 9.18 Å². The standard InChI is InChI=1S/C28H33FN10O/c1-17-11-23(33-24-12-18(2)35-36-24)34-26(32-17)20-7-9-28(10-8-20)16-38(27(40)37(28)4)19(3)21-5-6-25(30-13-21)39-15-22(29)14-31-39/h5-6,11-15,19-20H,7-10,16H2,1-4H3,(H2,32,33,34,35,36). The van der Waals surface area contributed by atoms with Gasteiger partial charge < -0.3 is 15.1 Å². The van der Waals surface area contributed by atoms with Gasteiger partial charge in [-0.2, -0.15) is 10.2 Å². The third kappa shape index (κ3) is 4.78. The van der Waals surface area contributed by atoms with E-state index in [0.717, 1.165) is 66.3 Å². The molecule has 1 saturated carbocycles. The Morgan fingerprint density at radius 2 is 1.93 bits per heavy atom. The van der Waals surface area contributed by atoms with Gasteiger partial charge in [0.1, 0.15) is 11.6 Å². The average Bonchev–Trinajstić information content (AvgIpc) is 3.63. The first-order valence-corrected chi connectivity index (χ1v) is 13.6. The summed E-state index contributed by atoms with van der Waals surface area (Å²) in [6.45, 7) is 6.62. The molecule has 0 bridgehead atoms. The molecule has 1 saturated heterocycles. The van der Waals surface area contributed by atoms with Crippen molar-refractivity contribution in [3.05, 3.63) is 71.4 Å². The lowest BCUT2D eigenvalue weighted by Gasteiger charge is -2.40. The summed E-state index contributed by atoms with van der Waals surface area (Å²) in [6.07, 6.45) is 7.73. The van der Waals surface area contributed by atoms with Crippen LogP contribution in [0.4, 0.5) is 20.8 Å². The summed E-state index contributed by atoms with van der Waals surface area (Å²) in [4.78, 5) is 31.3. The van der Waals surface area contributed by atoms with Crippen molar-refractivity contribution in [2.45, 2.75) is 64.0 Å². The number of likely N-dealkylation sites (N-methyl/N-ethyl adjacent to an activating group) is 1. The Morgan fingerprint density at radius 1 is 1.12 bits per heavy atom. The fourth-order valence-electron chi connectivity index (χ4n) is 5.93. The number of nitrogens with zero attached hydrogens (tertiary/aromatic N) is 8. The van der Waals surface area contributed by atoms with E-state index >= 15 is 0 Å². The Hall–Kier alpha value is -4.35. The summed E-state index contributed by atoms with van der Waals surface area (Å²) >= 11 is 0. The molecule has 1 aliphatic heterocycles. The number of anilines is 2. The molecule has 2 aliphatic rings. The second kappa shape index (κ2) is 10.00. The van der Waals surface area contributed by atoms with Crippen molar-refractivity contribution in [3.8, 4) is 5.82 Å². The van der Waals surface area contributed by atoms with Crippen LogP contribution in [-0.4, -0.2) is 69.9 Å². The van der Waals surface area contributed by atoms with E-state index in [1.165, 1.54) is 10.9 Å². The van der Waals surface area contributed by atoms with Crippen molar-refractivity contribution in [2.75, 3.05) is 18.9 Å². The molecular weight excluding hydrogens is 511 g/mol. The fourth-order valence-corrected chi connectivity index (χ4v) is 5.93. The van der Waals surface area contributed by atoms with E-state index in [1.807, 2.05) is 55.8 Å². The van der Waals surface area contributed by atoms with Gasteiger partial charge in [-0.15, -0.1) is 0 Å². The number of nitrogens with one attached hydrogen (secondary N) is 2. The van der Waals surface area contributed by atoms with Crippen molar-refractivity contribution in [1.29, 1.82) is 0 Å². The van der Waals surface area contributed by atoms with Crippen LogP contribution in [0.1, 0.15) is 67.3 Å². The monoisotopic (exact) mass is 544 g/mol. The number of halogens is 1. The van der Waals surface area contributed by atoms with Crippen molar-refractivity contribution in [3.63, 3.8) is 0 Å². The fraction of sp³-hybridized carbons (Fsp3) is 0.429. The molecule has 1 aliphatic carbocycles. The van der Waals surface area contributed by atoms with Crippen molar-refractivity contribution < 1.29 is 9.18 Å². The molecule has 2 N–H and O–H groups in total. The first-order chi connectivity index (χ1) is 19.2. The van der Waals surface area contributed by atoms with E-state index in [4.69, 9.17) is 9.97 Å². The Balaban J connectivity index is 1.13. The number of hydrogen-bond donors (Lipinski definition) is 2. The summed E-state index contributed by atoms with van der Waals surface area (Å²) < 4.78 is 14.7. The van der Waals surface area contributed by atoms with E-state index in [1.54, 1.807) is 12.3 Å². The summed E-state index contributed by atoms with van der Waals surface area (Å²) in [5.41, 5.74) is 2.58. The largest absolute Gasteiger partial charge is 0.323 e. The van der Waals surface area contributed by atoms with Gasteiger partial charge in [0.05, 0.1) is 24.0 Å². The molecule has 2 amide bonds. The summed E-state index contributed by atoms with van der Waals surface area (Å²) in [6, 6.07) is 7.45. The highest BCUT2D eigenvalue weighted by Crippen LogP contribution is 2.45. The number of aryl methyl sites for hydroxylation is 2. The normalized spacial score (nSPS) is 21.8. The lowest BCUT2D eigenvalue weighted by Crippen LogP contribution is -2.47. The number of urea groups is 1. The topological polar surface area (TPSA) is 121 Å². The lowest BCUT2D eigenvalue weighted by atomic mass is 9.75. The number of carbonyl (C=O) groups excluding carboxylic acids is 1. The summed E-state index contributed by atoms with van der Waals surface area (Å²) in [5, 5.41) is 14.4. The van der Waals surface area contributed by atoms with Gasteiger partial charge in [0.25, 0.3) is 0 Å². The SMILES string of the molecule is Cc1cc(Nc2cc(C)[nH]n2)nc(C2CCC3(CC2)CN(C(C)c2ccc(-n4cc(F)cn4)nc2)C(=O)N3C)n1. The maximum Gasteiger partial charge on any atom is 0.320 e. The van der Waals surface area contributed by atoms with Crippen LogP contribution in [-0.2, 0) is 0 Å². The molecule has 1 spiro atoms. The highest BCUT2D eigenvalue weighted by Gasteiger charge is 2.50. The molecule has 208 valence electrons. The average molecular weight is 545 g/mol. The summed E-state index contributed by atoms with van der Waals surface area (Å²) in [7, 11) is 1.92. The third-order valence-corrected chi connectivity index (χ3v) is 8.33. The summed E-state index contributed by atoms with van der Waals surface area (Å²) in [5.74, 6) is 2.64. The third-order valence-electron chi connectivity index (χ3n) is 8.33. The molecule has 0 radical (unpaired) electrons. The predicted molar refractivity (Wildman–Crippen MR) is 147 cm³/mol.